The Morgan fingerprint density at radius 3 is 2.71 bits per heavy atom. The molecule has 3 heterocycles. The summed E-state index contributed by atoms with van der Waals surface area (Å²) in [4.78, 5) is 17.0. The van der Waals surface area contributed by atoms with Crippen LogP contribution in [-0.2, 0) is 6.54 Å². The molecule has 1 fully saturated rings. The number of aliphatic hydroxyl groups excluding tert-OH is 1. The summed E-state index contributed by atoms with van der Waals surface area (Å²) in [6, 6.07) is 16.5. The molecule has 2 atom stereocenters. The Bertz CT molecular complexity index is 1600. The maximum absolute atomic E-state index is 12.6. The van der Waals surface area contributed by atoms with Gasteiger partial charge in [0.25, 0.3) is 0 Å². The van der Waals surface area contributed by atoms with Gasteiger partial charge in [0.05, 0.1) is 12.5 Å². The Morgan fingerprint density at radius 2 is 1.95 bits per heavy atom. The number of aromatic nitrogens is 3. The minimum atomic E-state index is -0.160. The number of amides is 1. The molecule has 0 bridgehead atoms. The summed E-state index contributed by atoms with van der Waals surface area (Å²) in [6.07, 6.45) is 4.58. The average Bonchev–Trinajstić information content (AvgIpc) is 3.22. The molecule has 2 aromatic heterocycles. The van der Waals surface area contributed by atoms with Crippen LogP contribution in [0.2, 0.25) is 0 Å². The van der Waals surface area contributed by atoms with Gasteiger partial charge in [0.2, 0.25) is 5.76 Å². The van der Waals surface area contributed by atoms with E-state index in [1.165, 1.54) is 4.58 Å². The van der Waals surface area contributed by atoms with E-state index in [1.54, 1.807) is 24.4 Å². The van der Waals surface area contributed by atoms with Gasteiger partial charge in [-0.1, -0.05) is 37.1 Å². The molecule has 1 N–H and O–H groups in total. The van der Waals surface area contributed by atoms with Gasteiger partial charge in [-0.15, -0.1) is 4.58 Å². The Balaban J connectivity index is 1.03. The standard InChI is InChI=1S/C30H26N4O4/c1-19(2)28-31-13-14-33(28)18-22-16-24(38-32-22)12-9-20-7-10-23(11-8-20)37-27-15-21(27)17-34-29(35)25-5-3-4-6-26(25)30(34)36/h3-8,10-11,13-14,16,19,21,27H,15,17-18H2,1-2H3/p+1. The molecule has 8 heteroatoms. The molecule has 1 amide bonds. The third-order valence-electron chi connectivity index (χ3n) is 6.80. The lowest BCUT2D eigenvalue weighted by Crippen LogP contribution is -2.24. The van der Waals surface area contributed by atoms with Crippen LogP contribution < -0.4 is 4.74 Å². The van der Waals surface area contributed by atoms with Crippen LogP contribution in [-0.4, -0.2) is 48.8 Å². The van der Waals surface area contributed by atoms with Crippen molar-refractivity contribution in [1.29, 1.82) is 0 Å². The van der Waals surface area contributed by atoms with Gasteiger partial charge in [-0.25, -0.2) is 9.78 Å². The van der Waals surface area contributed by atoms with E-state index >= 15 is 0 Å². The van der Waals surface area contributed by atoms with Gasteiger partial charge >= 0.3 is 11.8 Å². The van der Waals surface area contributed by atoms with Crippen LogP contribution in [0.5, 0.6) is 5.75 Å². The van der Waals surface area contributed by atoms with Crippen molar-refractivity contribution >= 4 is 11.8 Å². The largest absolute Gasteiger partial charge is 0.490 e. The molecule has 0 saturated heterocycles. The quantitative estimate of drug-likeness (QED) is 0.295. The van der Waals surface area contributed by atoms with Crippen molar-refractivity contribution in [3.8, 4) is 17.6 Å². The molecule has 0 radical (unpaired) electrons. The zero-order valence-corrected chi connectivity index (χ0v) is 21.2. The molecule has 1 aliphatic heterocycles. The third kappa shape index (κ3) is 4.71. The lowest BCUT2D eigenvalue weighted by molar-refractivity contribution is -0.438. The summed E-state index contributed by atoms with van der Waals surface area (Å²) < 4.78 is 15.0. The lowest BCUT2D eigenvalue weighted by atomic mass is 10.1. The van der Waals surface area contributed by atoms with Crippen molar-refractivity contribution < 1.29 is 23.7 Å². The van der Waals surface area contributed by atoms with Crippen molar-refractivity contribution in [3.63, 3.8) is 0 Å². The zero-order valence-electron chi connectivity index (χ0n) is 21.2. The number of carbonyl (C=O) groups excluding carboxylic acids is 1. The SMILES string of the molecule is CC(C)c1nccn1Cc1cc(C#Cc2ccc(OC3CC3C[N+]3=C(O)c4ccccc4C3=O)cc2)on1. The van der Waals surface area contributed by atoms with E-state index in [4.69, 9.17) is 9.26 Å². The summed E-state index contributed by atoms with van der Waals surface area (Å²) in [5.74, 6) is 8.76. The number of aliphatic hydroxyl groups is 1. The Hall–Kier alpha value is -4.64. The minimum absolute atomic E-state index is 0.00979. The number of imidazole rings is 1. The molecule has 1 aliphatic carbocycles. The summed E-state index contributed by atoms with van der Waals surface area (Å²) in [7, 11) is 0. The molecule has 1 saturated carbocycles. The number of carbonyl (C=O) groups is 1. The summed E-state index contributed by atoms with van der Waals surface area (Å²) in [6.45, 7) is 5.24. The highest BCUT2D eigenvalue weighted by Crippen LogP contribution is 2.36. The van der Waals surface area contributed by atoms with E-state index < -0.39 is 0 Å². The highest BCUT2D eigenvalue weighted by atomic mass is 16.5. The first kappa shape index (κ1) is 23.7. The third-order valence-corrected chi connectivity index (χ3v) is 6.80. The average molecular weight is 508 g/mol. The number of fused-ring (bicyclic) bond motifs is 1. The van der Waals surface area contributed by atoms with Crippen molar-refractivity contribution in [1.82, 2.24) is 14.7 Å². The highest BCUT2D eigenvalue weighted by molar-refractivity contribution is 6.09. The van der Waals surface area contributed by atoms with E-state index in [0.29, 0.717) is 35.9 Å². The number of hydrogen-bond donors (Lipinski definition) is 1. The summed E-state index contributed by atoms with van der Waals surface area (Å²) in [5.41, 5.74) is 2.76. The maximum atomic E-state index is 12.6. The fraction of sp³-hybridized carbons (Fsp3) is 0.267. The van der Waals surface area contributed by atoms with Crippen LogP contribution in [0.1, 0.15) is 64.9 Å². The molecular weight excluding hydrogens is 480 g/mol. The van der Waals surface area contributed by atoms with Crippen molar-refractivity contribution in [3.05, 3.63) is 101 Å². The molecule has 2 unspecified atom stereocenters. The second kappa shape index (κ2) is 9.67. The first-order valence-electron chi connectivity index (χ1n) is 12.7. The Labute approximate surface area is 220 Å². The van der Waals surface area contributed by atoms with E-state index in [1.807, 2.05) is 42.6 Å². The molecule has 2 aliphatic rings. The predicted molar refractivity (Wildman–Crippen MR) is 140 cm³/mol. The van der Waals surface area contributed by atoms with E-state index in [2.05, 4.69) is 40.4 Å². The summed E-state index contributed by atoms with van der Waals surface area (Å²) in [5, 5.41) is 14.6. The Kier molecular flexibility index (Phi) is 6.04. The monoisotopic (exact) mass is 507 g/mol. The molecule has 190 valence electrons. The predicted octanol–water partition coefficient (Wildman–Crippen LogP) is 4.38. The topological polar surface area (TPSA) is 93.4 Å². The zero-order chi connectivity index (χ0) is 26.2. The van der Waals surface area contributed by atoms with Crippen LogP contribution in [0.4, 0.5) is 0 Å². The van der Waals surface area contributed by atoms with E-state index in [0.717, 1.165) is 29.3 Å². The Morgan fingerprint density at radius 1 is 1.16 bits per heavy atom. The van der Waals surface area contributed by atoms with Gasteiger partial charge in [0, 0.05) is 29.9 Å². The van der Waals surface area contributed by atoms with E-state index in [9.17, 15) is 9.90 Å². The fourth-order valence-electron chi connectivity index (χ4n) is 4.71. The van der Waals surface area contributed by atoms with Gasteiger partial charge in [0.1, 0.15) is 34.5 Å². The number of benzene rings is 2. The fourth-order valence-corrected chi connectivity index (χ4v) is 4.71. The van der Waals surface area contributed by atoms with Gasteiger partial charge in [-0.2, -0.15) is 0 Å². The lowest BCUT2D eigenvalue weighted by Gasteiger charge is -2.07. The first-order valence-corrected chi connectivity index (χ1v) is 12.7. The molecule has 0 spiro atoms. The summed E-state index contributed by atoms with van der Waals surface area (Å²) >= 11 is 0. The van der Waals surface area contributed by atoms with Crippen molar-refractivity contribution in [2.75, 3.05) is 6.54 Å². The number of ether oxygens (including phenoxy) is 1. The van der Waals surface area contributed by atoms with Crippen LogP contribution in [0.25, 0.3) is 0 Å². The van der Waals surface area contributed by atoms with Gasteiger partial charge in [-0.3, -0.25) is 0 Å². The number of rotatable bonds is 7. The highest BCUT2D eigenvalue weighted by Gasteiger charge is 2.48. The normalized spacial score (nSPS) is 17.9. The van der Waals surface area contributed by atoms with Gasteiger partial charge in [-0.05, 0) is 48.7 Å². The minimum Gasteiger partial charge on any atom is -0.490 e. The molecule has 4 aromatic rings. The molecule has 8 nitrogen and oxygen atoms in total. The molecule has 38 heavy (non-hydrogen) atoms. The second-order valence-corrected chi connectivity index (χ2v) is 9.96. The van der Waals surface area contributed by atoms with Crippen molar-refractivity contribution in [2.45, 2.75) is 38.8 Å². The van der Waals surface area contributed by atoms with Crippen LogP contribution in [0.3, 0.4) is 0 Å². The van der Waals surface area contributed by atoms with Gasteiger partial charge in [0.15, 0.2) is 6.54 Å². The first-order chi connectivity index (χ1) is 18.5. The van der Waals surface area contributed by atoms with Gasteiger partial charge < -0.3 is 18.9 Å². The number of hydrogen-bond acceptors (Lipinski definition) is 5. The maximum Gasteiger partial charge on any atom is 0.423 e. The molecular formula is C30H27N4O4+. The smallest absolute Gasteiger partial charge is 0.423 e. The van der Waals surface area contributed by atoms with E-state index in [-0.39, 0.29) is 23.8 Å². The van der Waals surface area contributed by atoms with Crippen LogP contribution >= 0.6 is 0 Å². The van der Waals surface area contributed by atoms with Crippen LogP contribution in [0.15, 0.2) is 71.5 Å². The molecule has 2 aromatic carbocycles. The second-order valence-electron chi connectivity index (χ2n) is 9.96. The van der Waals surface area contributed by atoms with Crippen LogP contribution in [0, 0.1) is 17.8 Å². The number of nitrogens with zero attached hydrogens (tertiary/aromatic N) is 4. The molecule has 6 rings (SSSR count). The van der Waals surface area contributed by atoms with Crippen molar-refractivity contribution in [2.24, 2.45) is 5.92 Å².